The molecule has 0 radical (unpaired) electrons. The Bertz CT molecular complexity index is 841. The van der Waals surface area contributed by atoms with Gasteiger partial charge in [0.05, 0.1) is 0 Å². The molecule has 1 aliphatic carbocycles. The topological polar surface area (TPSA) is 96.7 Å². The molecule has 1 aromatic carbocycles. The first-order valence-corrected chi connectivity index (χ1v) is 12.3. The first kappa shape index (κ1) is 24.0. The number of nitrogens with one attached hydrogen (secondary N) is 2. The maximum absolute atomic E-state index is 14.5. The molecule has 4 N–H and O–H groups in total. The van der Waals surface area contributed by atoms with Crippen molar-refractivity contribution in [2.24, 2.45) is 23.5 Å². The van der Waals surface area contributed by atoms with Crippen LogP contribution in [0.4, 0.5) is 9.18 Å². The summed E-state index contributed by atoms with van der Waals surface area (Å²) in [7, 11) is 0. The number of carbonyl (C=O) groups excluding carboxylic acids is 2. The molecule has 1 saturated carbocycles. The molecular formula is C25H37FN4O3. The molecule has 1 aromatic rings. The fourth-order valence-electron chi connectivity index (χ4n) is 6.46. The molecule has 2 aliphatic heterocycles. The van der Waals surface area contributed by atoms with E-state index < -0.39 is 11.5 Å². The molecule has 8 heteroatoms. The van der Waals surface area contributed by atoms with E-state index in [0.717, 1.165) is 76.3 Å². The zero-order valence-corrected chi connectivity index (χ0v) is 19.5. The molecule has 1 unspecified atom stereocenters. The summed E-state index contributed by atoms with van der Waals surface area (Å²) in [6, 6.07) is 6.77. The van der Waals surface area contributed by atoms with Crippen LogP contribution in [0.2, 0.25) is 0 Å². The highest BCUT2D eigenvalue weighted by atomic mass is 19.1. The summed E-state index contributed by atoms with van der Waals surface area (Å²) in [5, 5.41) is 6.40. The third-order valence-corrected chi connectivity index (χ3v) is 8.07. The number of nitrogens with zero attached hydrogens (tertiary/aromatic N) is 1. The van der Waals surface area contributed by atoms with Crippen molar-refractivity contribution in [3.05, 3.63) is 35.6 Å². The van der Waals surface area contributed by atoms with E-state index in [2.05, 4.69) is 15.5 Å². The summed E-state index contributed by atoms with van der Waals surface area (Å²) < 4.78 is 20.1. The molecule has 4 rings (SSSR count). The normalized spacial score (nSPS) is 26.4. The van der Waals surface area contributed by atoms with Crippen LogP contribution in [-0.4, -0.2) is 62.3 Å². The van der Waals surface area contributed by atoms with Crippen molar-refractivity contribution in [2.45, 2.75) is 50.5 Å². The second-order valence-corrected chi connectivity index (χ2v) is 10.1. The monoisotopic (exact) mass is 460 g/mol. The number of hydrogen-bond acceptors (Lipinski definition) is 5. The van der Waals surface area contributed by atoms with Crippen LogP contribution in [0.15, 0.2) is 24.3 Å². The first-order chi connectivity index (χ1) is 15.9. The predicted octanol–water partition coefficient (Wildman–Crippen LogP) is 2.40. The zero-order chi connectivity index (χ0) is 23.4. The minimum Gasteiger partial charge on any atom is -0.446 e. The molecule has 2 heterocycles. The molecule has 3 fully saturated rings. The molecule has 33 heavy (non-hydrogen) atoms. The Hall–Kier alpha value is -2.19. The maximum Gasteiger partial charge on any atom is 0.404 e. The number of hydrogen-bond donors (Lipinski definition) is 3. The quantitative estimate of drug-likeness (QED) is 0.554. The number of halogens is 1. The Morgan fingerprint density at radius 1 is 1.24 bits per heavy atom. The third-order valence-electron chi connectivity index (χ3n) is 8.07. The molecule has 2 amide bonds. The number of carbonyl (C=O) groups is 2. The van der Waals surface area contributed by atoms with Gasteiger partial charge in [-0.05, 0) is 74.7 Å². The lowest BCUT2D eigenvalue weighted by Gasteiger charge is -2.50. The Balaban J connectivity index is 1.67. The molecule has 3 aliphatic rings. The number of amides is 2. The number of likely N-dealkylation sites (tertiary alicyclic amines) is 1. The summed E-state index contributed by atoms with van der Waals surface area (Å²) in [6.45, 7) is 7.14. The van der Waals surface area contributed by atoms with Gasteiger partial charge in [-0.2, -0.15) is 0 Å². The molecule has 0 aromatic heterocycles. The Labute approximate surface area is 195 Å². The number of primary amides is 1. The van der Waals surface area contributed by atoms with E-state index in [-0.39, 0.29) is 29.7 Å². The van der Waals surface area contributed by atoms with Gasteiger partial charge in [-0.3, -0.25) is 4.79 Å². The van der Waals surface area contributed by atoms with Crippen LogP contribution in [0.1, 0.15) is 44.6 Å². The molecule has 2 saturated heterocycles. The number of benzene rings is 1. The molecule has 0 bridgehead atoms. The van der Waals surface area contributed by atoms with Crippen LogP contribution in [0.3, 0.4) is 0 Å². The highest BCUT2D eigenvalue weighted by Crippen LogP contribution is 2.51. The SMILES string of the molecule is CC(=O)NCC(c1cccc(F)c1)(C1CCN(CC2CNC2)CC1)[C@H]1CCC[C@@H]1OC(N)=O. The van der Waals surface area contributed by atoms with Gasteiger partial charge in [-0.25, -0.2) is 9.18 Å². The lowest BCUT2D eigenvalue weighted by Crippen LogP contribution is -2.56. The highest BCUT2D eigenvalue weighted by molar-refractivity contribution is 5.73. The number of piperidine rings is 1. The average molecular weight is 461 g/mol. The number of nitrogens with two attached hydrogens (primary N) is 1. The fourth-order valence-corrected chi connectivity index (χ4v) is 6.46. The van der Waals surface area contributed by atoms with Crippen LogP contribution >= 0.6 is 0 Å². The van der Waals surface area contributed by atoms with Gasteiger partial charge < -0.3 is 26.0 Å². The van der Waals surface area contributed by atoms with Crippen LogP contribution < -0.4 is 16.4 Å². The third kappa shape index (κ3) is 5.32. The number of rotatable bonds is 8. The first-order valence-electron chi connectivity index (χ1n) is 12.3. The Morgan fingerprint density at radius 3 is 2.61 bits per heavy atom. The predicted molar refractivity (Wildman–Crippen MR) is 124 cm³/mol. The van der Waals surface area contributed by atoms with Gasteiger partial charge in [0, 0.05) is 44.4 Å². The second kappa shape index (κ2) is 10.4. The van der Waals surface area contributed by atoms with E-state index in [0.29, 0.717) is 6.54 Å². The van der Waals surface area contributed by atoms with Gasteiger partial charge in [0.25, 0.3) is 0 Å². The van der Waals surface area contributed by atoms with Crippen LogP contribution in [-0.2, 0) is 14.9 Å². The van der Waals surface area contributed by atoms with Crippen LogP contribution in [0.5, 0.6) is 0 Å². The van der Waals surface area contributed by atoms with E-state index in [9.17, 15) is 14.0 Å². The summed E-state index contributed by atoms with van der Waals surface area (Å²) in [4.78, 5) is 26.3. The smallest absolute Gasteiger partial charge is 0.404 e. The van der Waals surface area contributed by atoms with Crippen molar-refractivity contribution >= 4 is 12.0 Å². The molecule has 3 atom stereocenters. The van der Waals surface area contributed by atoms with Crippen molar-refractivity contribution in [3.63, 3.8) is 0 Å². The van der Waals surface area contributed by atoms with E-state index in [1.54, 1.807) is 12.1 Å². The zero-order valence-electron chi connectivity index (χ0n) is 19.5. The van der Waals surface area contributed by atoms with Gasteiger partial charge in [-0.15, -0.1) is 0 Å². The van der Waals surface area contributed by atoms with Crippen molar-refractivity contribution in [1.29, 1.82) is 0 Å². The summed E-state index contributed by atoms with van der Waals surface area (Å²) in [6.07, 6.45) is 3.29. The largest absolute Gasteiger partial charge is 0.446 e. The van der Waals surface area contributed by atoms with Crippen molar-refractivity contribution in [1.82, 2.24) is 15.5 Å². The average Bonchev–Trinajstić information content (AvgIpc) is 3.20. The molecular weight excluding hydrogens is 423 g/mol. The van der Waals surface area contributed by atoms with Gasteiger partial charge in [-0.1, -0.05) is 12.1 Å². The maximum atomic E-state index is 14.5. The van der Waals surface area contributed by atoms with E-state index >= 15 is 0 Å². The fraction of sp³-hybridized carbons (Fsp3) is 0.680. The number of ether oxygens (including phenoxy) is 1. The van der Waals surface area contributed by atoms with E-state index in [1.807, 2.05) is 6.07 Å². The van der Waals surface area contributed by atoms with Gasteiger partial charge in [0.1, 0.15) is 11.9 Å². The van der Waals surface area contributed by atoms with Crippen LogP contribution in [0.25, 0.3) is 0 Å². The Morgan fingerprint density at radius 2 is 2.00 bits per heavy atom. The highest BCUT2D eigenvalue weighted by Gasteiger charge is 2.52. The van der Waals surface area contributed by atoms with Crippen molar-refractivity contribution < 1.29 is 18.7 Å². The van der Waals surface area contributed by atoms with E-state index in [4.69, 9.17) is 10.5 Å². The van der Waals surface area contributed by atoms with Crippen LogP contribution in [0, 0.1) is 23.6 Å². The lowest BCUT2D eigenvalue weighted by atomic mass is 9.58. The minimum atomic E-state index is -0.775. The molecule has 0 spiro atoms. The summed E-state index contributed by atoms with van der Waals surface area (Å²) >= 11 is 0. The molecule has 7 nitrogen and oxygen atoms in total. The van der Waals surface area contributed by atoms with Crippen molar-refractivity contribution in [2.75, 3.05) is 39.3 Å². The minimum absolute atomic E-state index is 0.0361. The van der Waals surface area contributed by atoms with Crippen molar-refractivity contribution in [3.8, 4) is 0 Å². The molecule has 182 valence electrons. The van der Waals surface area contributed by atoms with E-state index in [1.165, 1.54) is 13.0 Å². The lowest BCUT2D eigenvalue weighted by molar-refractivity contribution is -0.119. The summed E-state index contributed by atoms with van der Waals surface area (Å²) in [5.41, 5.74) is 5.77. The summed E-state index contributed by atoms with van der Waals surface area (Å²) in [5.74, 6) is 0.503. The second-order valence-electron chi connectivity index (χ2n) is 10.1. The standard InChI is InChI=1S/C25H37FN4O3/c1-17(31)29-16-25(20-4-2-5-21(26)12-20,22-6-3-7-23(22)33-24(27)32)19-8-10-30(11-9-19)15-18-13-28-14-18/h2,4-5,12,18-19,22-23,28H,3,6-11,13-16H2,1H3,(H2,27,32)(H,29,31)/t22-,23-,25?/m0/s1. The van der Waals surface area contributed by atoms with Gasteiger partial charge >= 0.3 is 6.09 Å². The van der Waals surface area contributed by atoms with Gasteiger partial charge in [0.2, 0.25) is 5.91 Å². The Kier molecular flexibility index (Phi) is 7.54. The van der Waals surface area contributed by atoms with Gasteiger partial charge in [0.15, 0.2) is 0 Å².